The molecular weight excluding hydrogens is 322 g/mol. The molecular formula is C14H14BrN3O2. The number of nitrogens with zero attached hydrogens (tertiary/aromatic N) is 2. The molecule has 1 heterocycles. The summed E-state index contributed by atoms with van der Waals surface area (Å²) >= 11 is 3.36. The lowest BCUT2D eigenvalue weighted by Gasteiger charge is -2.11. The van der Waals surface area contributed by atoms with E-state index in [2.05, 4.69) is 26.2 Å². The Kier molecular flexibility index (Phi) is 4.34. The minimum atomic E-state index is -0.432. The van der Waals surface area contributed by atoms with Crippen LogP contribution in [0.5, 0.6) is 0 Å². The second kappa shape index (κ2) is 6.00. The Hall–Kier alpha value is -1.95. The molecule has 2 rings (SSSR count). The second-order valence-corrected chi connectivity index (χ2v) is 5.26. The van der Waals surface area contributed by atoms with Crippen molar-refractivity contribution in [1.29, 1.82) is 0 Å². The first-order valence-corrected chi connectivity index (χ1v) is 6.88. The van der Waals surface area contributed by atoms with Gasteiger partial charge in [0.2, 0.25) is 0 Å². The number of hydrogen-bond acceptors (Lipinski definition) is 4. The van der Waals surface area contributed by atoms with Crippen molar-refractivity contribution >= 4 is 27.4 Å². The SMILES string of the molecule is Cc1ccccc1CNc1ncc([N+](=O)[O-])c(C)c1Br. The minimum Gasteiger partial charge on any atom is -0.365 e. The summed E-state index contributed by atoms with van der Waals surface area (Å²) in [6.07, 6.45) is 1.28. The average Bonchev–Trinajstić information content (AvgIpc) is 2.41. The van der Waals surface area contributed by atoms with Crippen LogP contribution in [0.3, 0.4) is 0 Å². The highest BCUT2D eigenvalue weighted by Gasteiger charge is 2.16. The molecule has 0 aliphatic carbocycles. The fourth-order valence-electron chi connectivity index (χ4n) is 1.86. The number of pyridine rings is 1. The third kappa shape index (κ3) is 2.96. The predicted octanol–water partition coefficient (Wildman–Crippen LogP) is 3.98. The van der Waals surface area contributed by atoms with Crippen LogP contribution < -0.4 is 5.32 Å². The highest BCUT2D eigenvalue weighted by molar-refractivity contribution is 9.10. The molecule has 0 spiro atoms. The van der Waals surface area contributed by atoms with Gasteiger partial charge in [-0.05, 0) is 40.9 Å². The zero-order chi connectivity index (χ0) is 14.7. The van der Waals surface area contributed by atoms with Gasteiger partial charge in [-0.1, -0.05) is 24.3 Å². The molecule has 0 atom stereocenters. The molecule has 0 saturated heterocycles. The number of halogens is 1. The lowest BCUT2D eigenvalue weighted by atomic mass is 10.1. The van der Waals surface area contributed by atoms with Crippen LogP contribution in [0, 0.1) is 24.0 Å². The van der Waals surface area contributed by atoms with Crippen LogP contribution in [0.2, 0.25) is 0 Å². The normalized spacial score (nSPS) is 10.3. The molecule has 0 bridgehead atoms. The van der Waals surface area contributed by atoms with E-state index in [1.807, 2.05) is 31.2 Å². The van der Waals surface area contributed by atoms with E-state index in [0.29, 0.717) is 22.4 Å². The molecule has 1 aromatic carbocycles. The molecule has 1 N–H and O–H groups in total. The summed E-state index contributed by atoms with van der Waals surface area (Å²) in [5.41, 5.74) is 2.93. The smallest absolute Gasteiger partial charge is 0.291 e. The topological polar surface area (TPSA) is 68.1 Å². The molecule has 0 aliphatic heterocycles. The van der Waals surface area contributed by atoms with Crippen LogP contribution in [0.25, 0.3) is 0 Å². The Morgan fingerprint density at radius 2 is 2.05 bits per heavy atom. The highest BCUT2D eigenvalue weighted by atomic mass is 79.9. The van der Waals surface area contributed by atoms with E-state index in [9.17, 15) is 10.1 Å². The summed E-state index contributed by atoms with van der Waals surface area (Å²) in [4.78, 5) is 14.5. The molecule has 20 heavy (non-hydrogen) atoms. The van der Waals surface area contributed by atoms with Crippen molar-refractivity contribution in [1.82, 2.24) is 4.98 Å². The molecule has 0 unspecified atom stereocenters. The molecule has 2 aromatic rings. The van der Waals surface area contributed by atoms with Gasteiger partial charge in [-0.15, -0.1) is 0 Å². The number of anilines is 1. The van der Waals surface area contributed by atoms with Crippen molar-refractivity contribution in [3.8, 4) is 0 Å². The van der Waals surface area contributed by atoms with Gasteiger partial charge in [0.15, 0.2) is 0 Å². The van der Waals surface area contributed by atoms with Gasteiger partial charge in [-0.2, -0.15) is 0 Å². The summed E-state index contributed by atoms with van der Waals surface area (Å²) in [5.74, 6) is 0.608. The fourth-order valence-corrected chi connectivity index (χ4v) is 2.31. The molecule has 1 aromatic heterocycles. The van der Waals surface area contributed by atoms with Gasteiger partial charge in [-0.3, -0.25) is 10.1 Å². The Balaban J connectivity index is 2.21. The van der Waals surface area contributed by atoms with Crippen LogP contribution in [0.1, 0.15) is 16.7 Å². The average molecular weight is 336 g/mol. The maximum atomic E-state index is 10.8. The molecule has 104 valence electrons. The van der Waals surface area contributed by atoms with Crippen molar-refractivity contribution in [2.45, 2.75) is 20.4 Å². The second-order valence-electron chi connectivity index (χ2n) is 4.47. The lowest BCUT2D eigenvalue weighted by molar-refractivity contribution is -0.385. The maximum absolute atomic E-state index is 10.8. The number of aryl methyl sites for hydroxylation is 1. The van der Waals surface area contributed by atoms with Gasteiger partial charge in [0.1, 0.15) is 12.0 Å². The van der Waals surface area contributed by atoms with E-state index in [-0.39, 0.29) is 5.69 Å². The quantitative estimate of drug-likeness (QED) is 0.677. The van der Waals surface area contributed by atoms with E-state index in [1.54, 1.807) is 6.92 Å². The molecule has 5 nitrogen and oxygen atoms in total. The summed E-state index contributed by atoms with van der Waals surface area (Å²) < 4.78 is 0.625. The van der Waals surface area contributed by atoms with Gasteiger partial charge in [0.05, 0.1) is 9.40 Å². The highest BCUT2D eigenvalue weighted by Crippen LogP contribution is 2.30. The Morgan fingerprint density at radius 3 is 2.70 bits per heavy atom. The van der Waals surface area contributed by atoms with Crippen LogP contribution >= 0.6 is 15.9 Å². The maximum Gasteiger partial charge on any atom is 0.291 e. The first-order chi connectivity index (χ1) is 9.50. The summed E-state index contributed by atoms with van der Waals surface area (Å²) in [6, 6.07) is 8.05. The Labute approximate surface area is 125 Å². The Bertz CT molecular complexity index is 659. The van der Waals surface area contributed by atoms with Gasteiger partial charge in [0.25, 0.3) is 5.69 Å². The fraction of sp³-hybridized carbons (Fsp3) is 0.214. The number of benzene rings is 1. The molecule has 0 fully saturated rings. The monoisotopic (exact) mass is 335 g/mol. The zero-order valence-electron chi connectivity index (χ0n) is 11.2. The number of hydrogen-bond donors (Lipinski definition) is 1. The van der Waals surface area contributed by atoms with Crippen LogP contribution in [0.15, 0.2) is 34.9 Å². The lowest BCUT2D eigenvalue weighted by Crippen LogP contribution is -2.05. The first kappa shape index (κ1) is 14.5. The predicted molar refractivity (Wildman–Crippen MR) is 81.8 cm³/mol. The largest absolute Gasteiger partial charge is 0.365 e. The summed E-state index contributed by atoms with van der Waals surface area (Å²) in [5, 5.41) is 14.0. The van der Waals surface area contributed by atoms with Crippen molar-refractivity contribution in [2.24, 2.45) is 0 Å². The first-order valence-electron chi connectivity index (χ1n) is 6.08. The van der Waals surface area contributed by atoms with Crippen LogP contribution in [-0.4, -0.2) is 9.91 Å². The Morgan fingerprint density at radius 1 is 1.35 bits per heavy atom. The van der Waals surface area contributed by atoms with E-state index in [1.165, 1.54) is 11.8 Å². The van der Waals surface area contributed by atoms with Crippen LogP contribution in [0.4, 0.5) is 11.5 Å². The molecule has 0 saturated carbocycles. The number of nitro groups is 1. The number of nitrogens with one attached hydrogen (secondary N) is 1. The van der Waals surface area contributed by atoms with Gasteiger partial charge < -0.3 is 5.32 Å². The number of rotatable bonds is 4. The van der Waals surface area contributed by atoms with Gasteiger partial charge in [0, 0.05) is 12.1 Å². The van der Waals surface area contributed by atoms with Crippen LogP contribution in [-0.2, 0) is 6.54 Å². The number of aromatic nitrogens is 1. The summed E-state index contributed by atoms with van der Waals surface area (Å²) in [7, 11) is 0. The minimum absolute atomic E-state index is 0.0123. The summed E-state index contributed by atoms with van der Waals surface area (Å²) in [6.45, 7) is 4.36. The van der Waals surface area contributed by atoms with E-state index in [0.717, 1.165) is 5.56 Å². The van der Waals surface area contributed by atoms with Crippen molar-refractivity contribution in [3.63, 3.8) is 0 Å². The molecule has 6 heteroatoms. The van der Waals surface area contributed by atoms with Gasteiger partial charge in [-0.25, -0.2) is 4.98 Å². The van der Waals surface area contributed by atoms with Crippen molar-refractivity contribution in [3.05, 3.63) is 61.7 Å². The molecule has 0 radical (unpaired) electrons. The van der Waals surface area contributed by atoms with Gasteiger partial charge >= 0.3 is 0 Å². The van der Waals surface area contributed by atoms with Crippen molar-refractivity contribution in [2.75, 3.05) is 5.32 Å². The third-order valence-electron chi connectivity index (χ3n) is 3.14. The molecule has 0 aliphatic rings. The van der Waals surface area contributed by atoms with E-state index < -0.39 is 4.92 Å². The van der Waals surface area contributed by atoms with Crippen molar-refractivity contribution < 1.29 is 4.92 Å². The van der Waals surface area contributed by atoms with E-state index >= 15 is 0 Å². The third-order valence-corrected chi connectivity index (χ3v) is 4.11. The van der Waals surface area contributed by atoms with E-state index in [4.69, 9.17) is 0 Å². The standard InChI is InChI=1S/C14H14BrN3O2/c1-9-5-3-4-6-11(9)7-16-14-13(15)10(2)12(8-17-14)18(19)20/h3-6,8H,7H2,1-2H3,(H,16,17). The molecule has 0 amide bonds. The zero-order valence-corrected chi connectivity index (χ0v) is 12.8.